The molecule has 8 aliphatic rings. The number of amidine groups is 2. The molecule has 0 spiro atoms. The van der Waals surface area contributed by atoms with Crippen molar-refractivity contribution in [3.63, 3.8) is 0 Å². The lowest BCUT2D eigenvalue weighted by molar-refractivity contribution is -0.146. The van der Waals surface area contributed by atoms with Gasteiger partial charge in [-0.25, -0.2) is 9.98 Å². The molecule has 0 saturated carbocycles. The van der Waals surface area contributed by atoms with Crippen LogP contribution in [0.3, 0.4) is 0 Å². The molecule has 89 heavy (non-hydrogen) atoms. The summed E-state index contributed by atoms with van der Waals surface area (Å²) in [6.07, 6.45) is 2.97. The Bertz CT molecular complexity index is 3540. The van der Waals surface area contributed by atoms with Crippen molar-refractivity contribution in [2.24, 2.45) is 21.8 Å². The molecule has 12 rings (SSSR count). The van der Waals surface area contributed by atoms with E-state index in [-0.39, 0.29) is 70.7 Å². The van der Waals surface area contributed by atoms with Crippen LogP contribution in [0.2, 0.25) is 20.1 Å². The van der Waals surface area contributed by atoms with Crippen LogP contribution in [0.5, 0.6) is 0 Å². The summed E-state index contributed by atoms with van der Waals surface area (Å²) in [5, 5.41) is 7.76. The quantitative estimate of drug-likeness (QED) is 0.164. The average molecular weight is 1320 g/mol. The number of carbonyl (C=O) groups is 4. The van der Waals surface area contributed by atoms with E-state index in [0.717, 1.165) is 69.9 Å². The van der Waals surface area contributed by atoms with Crippen LogP contribution in [-0.2, 0) is 30.3 Å². The summed E-state index contributed by atoms with van der Waals surface area (Å²) >= 11 is 28.1. The molecular weight excluding hydrogens is 1240 g/mol. The number of halogens is 4. The predicted molar refractivity (Wildman–Crippen MR) is 364 cm³/mol. The van der Waals surface area contributed by atoms with Gasteiger partial charge in [0.25, 0.3) is 11.8 Å². The number of likely N-dealkylation sites (N-methyl/N-ethyl adjacent to an activating group) is 1. The van der Waals surface area contributed by atoms with E-state index in [1.54, 1.807) is 0 Å². The van der Waals surface area contributed by atoms with E-state index >= 15 is 0 Å². The normalized spacial score (nSPS) is 28.2. The number of hydrogen-bond acceptors (Lipinski definition) is 12. The highest BCUT2D eigenvalue weighted by Gasteiger charge is 2.57. The fraction of sp³-hybridized carbons (Fsp3) is 0.507. The Morgan fingerprint density at radius 2 is 0.899 bits per heavy atom. The molecule has 4 aromatic rings. The standard InChI is InChI=1S/C35H43Cl2N5O2S.C34H41Cl2N5O2S/c1-21(2)28-29(32(44)41-22(3)8-17-27(41)31(43)40-19-18-39(7)34(4,5)20-40)45-33-38-35(6,24-11-15-26(37)16-12-24)30(42(28)33)23-9-13-25(36)14-10-23;1-20(2)27-28(31(43)40-21(3)7-16-26(40)30(42)39-18-17-37-33(4,5)19-39)44-32-38-34(6,23-10-14-25(36)15-11-23)29(41(27)32)22-8-12-24(35)13-9-22/h9-16,21-22,27,30H,8,17-20H2,1-7H3;8-15,20-21,26,29,37H,7,16-19H2,1-6H3/t22-,27+,30-,35+;21-,26+,29-,34+/m11/s1. The van der Waals surface area contributed by atoms with Crippen LogP contribution in [0.4, 0.5) is 0 Å². The topological polar surface area (TPSA) is 128 Å². The zero-order chi connectivity index (χ0) is 64.0. The highest BCUT2D eigenvalue weighted by atomic mass is 35.5. The Labute approximate surface area is 554 Å². The van der Waals surface area contributed by atoms with Crippen molar-refractivity contribution in [2.75, 3.05) is 46.3 Å². The first kappa shape index (κ1) is 65.5. The Balaban J connectivity index is 0.000000184. The number of hydrogen-bond donors (Lipinski definition) is 1. The molecule has 0 unspecified atom stereocenters. The lowest BCUT2D eigenvalue weighted by atomic mass is 9.81. The smallest absolute Gasteiger partial charge is 0.263 e. The number of amides is 4. The van der Waals surface area contributed by atoms with Crippen molar-refractivity contribution < 1.29 is 19.2 Å². The predicted octanol–water partition coefficient (Wildman–Crippen LogP) is 14.0. The number of nitrogens with zero attached hydrogens (tertiary/aromatic N) is 9. The van der Waals surface area contributed by atoms with Gasteiger partial charge in [0, 0.05) is 93.9 Å². The first-order valence-corrected chi connectivity index (χ1v) is 34.5. The molecule has 4 amide bonds. The maximum atomic E-state index is 14.7. The Morgan fingerprint density at radius 3 is 1.26 bits per heavy atom. The molecule has 4 fully saturated rings. The van der Waals surface area contributed by atoms with Crippen molar-refractivity contribution in [1.82, 2.24) is 39.6 Å². The zero-order valence-corrected chi connectivity index (χ0v) is 58.1. The number of carbonyl (C=O) groups excluding carboxylic acids is 4. The molecule has 4 saturated heterocycles. The van der Waals surface area contributed by atoms with Crippen LogP contribution in [0.25, 0.3) is 0 Å². The Morgan fingerprint density at radius 1 is 0.528 bits per heavy atom. The van der Waals surface area contributed by atoms with Crippen molar-refractivity contribution in [1.29, 1.82) is 0 Å². The first-order valence-electron chi connectivity index (χ1n) is 31.4. The van der Waals surface area contributed by atoms with E-state index in [9.17, 15) is 19.2 Å². The number of fused-ring (bicyclic) bond motifs is 2. The summed E-state index contributed by atoms with van der Waals surface area (Å²) in [7, 11) is 2.11. The number of thioether (sulfide) groups is 2. The van der Waals surface area contributed by atoms with Crippen LogP contribution < -0.4 is 5.32 Å². The molecule has 8 heterocycles. The fourth-order valence-electron chi connectivity index (χ4n) is 14.7. The van der Waals surface area contributed by atoms with Gasteiger partial charge in [-0.3, -0.25) is 24.1 Å². The fourth-order valence-corrected chi connectivity index (χ4v) is 17.9. The molecule has 8 aliphatic heterocycles. The molecule has 14 nitrogen and oxygen atoms in total. The van der Waals surface area contributed by atoms with Gasteiger partial charge in [-0.1, -0.05) is 123 Å². The van der Waals surface area contributed by atoms with Crippen LogP contribution in [0, 0.1) is 11.8 Å². The highest BCUT2D eigenvalue weighted by molar-refractivity contribution is 8.18. The van der Waals surface area contributed by atoms with Gasteiger partial charge in [-0.15, -0.1) is 0 Å². The Kier molecular flexibility index (Phi) is 18.5. The van der Waals surface area contributed by atoms with Gasteiger partial charge in [-0.05, 0) is 194 Å². The molecule has 4 aromatic carbocycles. The van der Waals surface area contributed by atoms with Crippen LogP contribution >= 0.6 is 69.9 Å². The minimum atomic E-state index is -0.636. The van der Waals surface area contributed by atoms with Crippen molar-refractivity contribution >= 4 is 104 Å². The van der Waals surface area contributed by atoms with Gasteiger partial charge in [0.1, 0.15) is 33.0 Å². The number of allylic oxidation sites excluding steroid dienone is 2. The van der Waals surface area contributed by atoms with Gasteiger partial charge in [0.2, 0.25) is 11.8 Å². The second-order valence-electron chi connectivity index (χ2n) is 27.6. The number of likely N-dealkylation sites (tertiary alicyclic amines) is 2. The SMILES string of the molecule is CC(C)C1=C(C(=O)N2[C@H](C)CC[C@H]2C(=O)N2CCN(C)C(C)(C)C2)SC2=N[C@@](C)(c3ccc(Cl)cc3)[C@@H](c3ccc(Cl)cc3)N21.CC(C)C1=C(C(=O)N2[C@H](C)CC[C@H]2C(=O)N2CCNC(C)(C)C2)SC2=N[C@@](C)(c3ccc(Cl)cc3)[C@@H](c3ccc(Cl)cc3)N21. The summed E-state index contributed by atoms with van der Waals surface area (Å²) in [6, 6.07) is 30.2. The average Bonchev–Trinajstić information content (AvgIpc) is 1.62. The van der Waals surface area contributed by atoms with Crippen molar-refractivity contribution in [2.45, 2.75) is 167 Å². The Hall–Kier alpha value is -5.04. The van der Waals surface area contributed by atoms with Gasteiger partial charge in [0.05, 0.1) is 12.1 Å². The second kappa shape index (κ2) is 25.1. The summed E-state index contributed by atoms with van der Waals surface area (Å²) in [6.45, 7) is 29.7. The van der Waals surface area contributed by atoms with Crippen molar-refractivity contribution in [3.05, 3.63) is 161 Å². The summed E-state index contributed by atoms with van der Waals surface area (Å²) in [5.74, 6) is 0.0571. The number of aliphatic imine (C=N–C) groups is 2. The van der Waals surface area contributed by atoms with Gasteiger partial charge < -0.3 is 34.7 Å². The largest absolute Gasteiger partial charge is 0.338 e. The van der Waals surface area contributed by atoms with Gasteiger partial charge in [0.15, 0.2) is 10.3 Å². The first-order chi connectivity index (χ1) is 42.0. The second-order valence-corrected chi connectivity index (χ2v) is 31.3. The minimum absolute atomic E-state index is 0.0299. The third-order valence-electron chi connectivity index (χ3n) is 19.6. The third-order valence-corrected chi connectivity index (χ3v) is 22.7. The molecule has 0 bridgehead atoms. The van der Waals surface area contributed by atoms with Gasteiger partial charge >= 0.3 is 0 Å². The number of piperazine rings is 2. The zero-order valence-electron chi connectivity index (χ0n) is 53.4. The molecular formula is C69H84Cl4N10O4S2. The monoisotopic (exact) mass is 1320 g/mol. The van der Waals surface area contributed by atoms with E-state index in [4.69, 9.17) is 56.4 Å². The lowest BCUT2D eigenvalue weighted by Gasteiger charge is -2.46. The highest BCUT2D eigenvalue weighted by Crippen LogP contribution is 2.59. The summed E-state index contributed by atoms with van der Waals surface area (Å²) in [5.41, 5.74) is 4.56. The van der Waals surface area contributed by atoms with E-state index in [1.165, 1.54) is 23.5 Å². The number of rotatable bonds is 10. The third kappa shape index (κ3) is 12.2. The molecule has 0 radical (unpaired) electrons. The molecule has 20 heteroatoms. The van der Waals surface area contributed by atoms with E-state index < -0.39 is 23.2 Å². The maximum Gasteiger partial charge on any atom is 0.263 e. The molecule has 8 atom stereocenters. The van der Waals surface area contributed by atoms with Crippen molar-refractivity contribution in [3.8, 4) is 0 Å². The summed E-state index contributed by atoms with van der Waals surface area (Å²) < 4.78 is 0. The van der Waals surface area contributed by atoms with Crippen LogP contribution in [-0.4, -0.2) is 150 Å². The van der Waals surface area contributed by atoms with E-state index in [0.29, 0.717) is 68.9 Å². The molecule has 0 aromatic heterocycles. The van der Waals surface area contributed by atoms with Crippen LogP contribution in [0.15, 0.2) is 128 Å². The van der Waals surface area contributed by atoms with Crippen LogP contribution in [0.1, 0.15) is 143 Å². The van der Waals surface area contributed by atoms with E-state index in [1.807, 2.05) is 105 Å². The van der Waals surface area contributed by atoms with Gasteiger partial charge in [-0.2, -0.15) is 0 Å². The maximum absolute atomic E-state index is 14.7. The molecule has 1 N–H and O–H groups in total. The van der Waals surface area contributed by atoms with E-state index in [2.05, 4.69) is 122 Å². The lowest BCUT2D eigenvalue weighted by Crippen LogP contribution is -2.61. The molecule has 474 valence electrons. The minimum Gasteiger partial charge on any atom is -0.338 e. The molecule has 0 aliphatic carbocycles. The summed E-state index contributed by atoms with van der Waals surface area (Å²) in [4.78, 5) is 83.8. The number of nitrogens with one attached hydrogen (secondary N) is 1. The number of benzene rings is 4.